The Labute approximate surface area is 112 Å². The summed E-state index contributed by atoms with van der Waals surface area (Å²) in [5.74, 6) is 1.24. The Hall–Kier alpha value is -2.42. The third kappa shape index (κ3) is 2.03. The molecule has 0 atom stereocenters. The van der Waals surface area contributed by atoms with Crippen molar-refractivity contribution in [3.8, 4) is 11.4 Å². The van der Waals surface area contributed by atoms with Crippen LogP contribution in [0.4, 0.5) is 5.82 Å². The second kappa shape index (κ2) is 4.69. The fourth-order valence-electron chi connectivity index (χ4n) is 2.30. The monoisotopic (exact) mass is 249 g/mol. The minimum atomic E-state index is 0.557. The van der Waals surface area contributed by atoms with Gasteiger partial charge in [-0.15, -0.1) is 0 Å². The predicted molar refractivity (Wildman–Crippen MR) is 78.8 cm³/mol. The third-order valence-corrected chi connectivity index (χ3v) is 3.25. The molecular weight excluding hydrogens is 234 g/mol. The molecule has 0 amide bonds. The highest BCUT2D eigenvalue weighted by atomic mass is 14.9. The molecule has 0 aliphatic heterocycles. The molecule has 0 aliphatic rings. The standard InChI is InChI=1S/C16H15N3/c1-2-11-9-6-10-13-14(11)15(17)19-16(18-13)12-7-4-3-5-8-12/h3-10H,2H2,1H3,(H2,17,18,19). The van der Waals surface area contributed by atoms with Crippen LogP contribution in [0.3, 0.4) is 0 Å². The van der Waals surface area contributed by atoms with Crippen molar-refractivity contribution in [3.05, 3.63) is 54.1 Å². The van der Waals surface area contributed by atoms with Crippen LogP contribution in [0.15, 0.2) is 48.5 Å². The minimum absolute atomic E-state index is 0.557. The van der Waals surface area contributed by atoms with Crippen molar-refractivity contribution in [2.45, 2.75) is 13.3 Å². The molecule has 0 bridgehead atoms. The highest BCUT2D eigenvalue weighted by Crippen LogP contribution is 2.26. The summed E-state index contributed by atoms with van der Waals surface area (Å²) >= 11 is 0. The van der Waals surface area contributed by atoms with Crippen LogP contribution in [-0.4, -0.2) is 9.97 Å². The van der Waals surface area contributed by atoms with Crippen molar-refractivity contribution in [3.63, 3.8) is 0 Å². The molecule has 0 unspecified atom stereocenters. The van der Waals surface area contributed by atoms with E-state index < -0.39 is 0 Å². The second-order valence-corrected chi connectivity index (χ2v) is 4.46. The maximum absolute atomic E-state index is 6.12. The van der Waals surface area contributed by atoms with E-state index in [1.54, 1.807) is 0 Å². The third-order valence-electron chi connectivity index (χ3n) is 3.25. The van der Waals surface area contributed by atoms with Gasteiger partial charge in [-0.05, 0) is 18.1 Å². The number of nitrogens with zero attached hydrogens (tertiary/aromatic N) is 2. The Morgan fingerprint density at radius 3 is 2.47 bits per heavy atom. The first-order valence-electron chi connectivity index (χ1n) is 6.40. The lowest BCUT2D eigenvalue weighted by molar-refractivity contribution is 1.14. The fourth-order valence-corrected chi connectivity index (χ4v) is 2.30. The maximum atomic E-state index is 6.12. The van der Waals surface area contributed by atoms with E-state index in [9.17, 15) is 0 Å². The summed E-state index contributed by atoms with van der Waals surface area (Å²) in [6, 6.07) is 16.0. The molecular formula is C16H15N3. The SMILES string of the molecule is CCc1cccc2nc(-c3ccccc3)nc(N)c12. The van der Waals surface area contributed by atoms with Crippen LogP contribution < -0.4 is 5.73 Å². The highest BCUT2D eigenvalue weighted by molar-refractivity contribution is 5.92. The number of rotatable bonds is 2. The first-order valence-corrected chi connectivity index (χ1v) is 6.40. The molecule has 3 aromatic rings. The van der Waals surface area contributed by atoms with Gasteiger partial charge in [0, 0.05) is 10.9 Å². The molecule has 0 aliphatic carbocycles. The van der Waals surface area contributed by atoms with Gasteiger partial charge in [-0.3, -0.25) is 0 Å². The normalized spacial score (nSPS) is 10.8. The zero-order valence-electron chi connectivity index (χ0n) is 10.8. The minimum Gasteiger partial charge on any atom is -0.383 e. The van der Waals surface area contributed by atoms with Crippen molar-refractivity contribution in [1.29, 1.82) is 0 Å². The van der Waals surface area contributed by atoms with Gasteiger partial charge in [-0.1, -0.05) is 49.4 Å². The van der Waals surface area contributed by atoms with Crippen LogP contribution >= 0.6 is 0 Å². The van der Waals surface area contributed by atoms with Gasteiger partial charge < -0.3 is 5.73 Å². The van der Waals surface area contributed by atoms with Crippen LogP contribution in [0.2, 0.25) is 0 Å². The lowest BCUT2D eigenvalue weighted by Gasteiger charge is -2.08. The topological polar surface area (TPSA) is 51.8 Å². The summed E-state index contributed by atoms with van der Waals surface area (Å²) in [5.41, 5.74) is 9.20. The van der Waals surface area contributed by atoms with Gasteiger partial charge in [0.2, 0.25) is 0 Å². The Morgan fingerprint density at radius 1 is 0.947 bits per heavy atom. The number of aromatic nitrogens is 2. The lowest BCUT2D eigenvalue weighted by Crippen LogP contribution is -2.00. The van der Waals surface area contributed by atoms with Crippen molar-refractivity contribution >= 4 is 16.7 Å². The zero-order valence-corrected chi connectivity index (χ0v) is 10.8. The molecule has 2 N–H and O–H groups in total. The van der Waals surface area contributed by atoms with Gasteiger partial charge in [-0.25, -0.2) is 9.97 Å². The molecule has 19 heavy (non-hydrogen) atoms. The number of hydrogen-bond donors (Lipinski definition) is 1. The van der Waals surface area contributed by atoms with E-state index in [-0.39, 0.29) is 0 Å². The van der Waals surface area contributed by atoms with Crippen LogP contribution in [0.25, 0.3) is 22.3 Å². The van der Waals surface area contributed by atoms with Gasteiger partial charge in [-0.2, -0.15) is 0 Å². The molecule has 0 saturated heterocycles. The molecule has 1 aromatic heterocycles. The van der Waals surface area contributed by atoms with E-state index in [4.69, 9.17) is 5.73 Å². The molecule has 0 saturated carbocycles. The van der Waals surface area contributed by atoms with Crippen LogP contribution in [0.5, 0.6) is 0 Å². The molecule has 2 aromatic carbocycles. The van der Waals surface area contributed by atoms with E-state index in [2.05, 4.69) is 23.0 Å². The van der Waals surface area contributed by atoms with Gasteiger partial charge >= 0.3 is 0 Å². The van der Waals surface area contributed by atoms with E-state index in [0.717, 1.165) is 22.9 Å². The van der Waals surface area contributed by atoms with E-state index in [1.165, 1.54) is 5.56 Å². The summed E-state index contributed by atoms with van der Waals surface area (Å²) in [5, 5.41) is 0.977. The van der Waals surface area contributed by atoms with Gasteiger partial charge in [0.05, 0.1) is 5.52 Å². The van der Waals surface area contributed by atoms with Crippen molar-refractivity contribution < 1.29 is 0 Å². The van der Waals surface area contributed by atoms with Crippen LogP contribution in [0, 0.1) is 0 Å². The summed E-state index contributed by atoms with van der Waals surface area (Å²) in [7, 11) is 0. The van der Waals surface area contributed by atoms with E-state index in [0.29, 0.717) is 11.6 Å². The number of aryl methyl sites for hydroxylation is 1. The fraction of sp³-hybridized carbons (Fsp3) is 0.125. The van der Waals surface area contributed by atoms with Crippen molar-refractivity contribution in [2.24, 2.45) is 0 Å². The first-order chi connectivity index (χ1) is 9.29. The number of anilines is 1. The lowest BCUT2D eigenvalue weighted by atomic mass is 10.1. The zero-order chi connectivity index (χ0) is 13.2. The van der Waals surface area contributed by atoms with Crippen LogP contribution in [-0.2, 0) is 6.42 Å². The Bertz CT molecular complexity index is 721. The molecule has 1 heterocycles. The molecule has 3 rings (SSSR count). The summed E-state index contributed by atoms with van der Waals surface area (Å²) in [6.45, 7) is 2.11. The van der Waals surface area contributed by atoms with Crippen LogP contribution in [0.1, 0.15) is 12.5 Å². The van der Waals surface area contributed by atoms with Gasteiger partial charge in [0.15, 0.2) is 5.82 Å². The van der Waals surface area contributed by atoms with Gasteiger partial charge in [0.1, 0.15) is 5.82 Å². The average Bonchev–Trinajstić information content (AvgIpc) is 2.47. The maximum Gasteiger partial charge on any atom is 0.162 e. The van der Waals surface area contributed by atoms with Crippen molar-refractivity contribution in [1.82, 2.24) is 9.97 Å². The quantitative estimate of drug-likeness (QED) is 0.757. The summed E-state index contributed by atoms with van der Waals surface area (Å²) < 4.78 is 0. The second-order valence-electron chi connectivity index (χ2n) is 4.46. The molecule has 94 valence electrons. The predicted octanol–water partition coefficient (Wildman–Crippen LogP) is 3.44. The average molecular weight is 249 g/mol. The Balaban J connectivity index is 2.26. The molecule has 3 nitrogen and oxygen atoms in total. The summed E-state index contributed by atoms with van der Waals surface area (Å²) in [4.78, 5) is 9.07. The molecule has 0 fully saturated rings. The molecule has 0 spiro atoms. The largest absolute Gasteiger partial charge is 0.383 e. The van der Waals surface area contributed by atoms with Crippen molar-refractivity contribution in [2.75, 3.05) is 5.73 Å². The number of nitrogens with two attached hydrogens (primary N) is 1. The smallest absolute Gasteiger partial charge is 0.162 e. The number of benzene rings is 2. The van der Waals surface area contributed by atoms with E-state index in [1.807, 2.05) is 42.5 Å². The number of fused-ring (bicyclic) bond motifs is 1. The first kappa shape index (κ1) is 11.7. The Morgan fingerprint density at radius 2 is 1.74 bits per heavy atom. The summed E-state index contributed by atoms with van der Waals surface area (Å²) in [6.07, 6.45) is 0.926. The molecule has 0 radical (unpaired) electrons. The van der Waals surface area contributed by atoms with Gasteiger partial charge in [0.25, 0.3) is 0 Å². The number of hydrogen-bond acceptors (Lipinski definition) is 3. The number of nitrogen functional groups attached to an aromatic ring is 1. The highest BCUT2D eigenvalue weighted by Gasteiger charge is 2.09. The Kier molecular flexibility index (Phi) is 2.88. The molecule has 3 heteroatoms. The van der Waals surface area contributed by atoms with E-state index >= 15 is 0 Å².